The van der Waals surface area contributed by atoms with Crippen molar-refractivity contribution in [2.24, 2.45) is 17.3 Å². The zero-order valence-corrected chi connectivity index (χ0v) is 20.9. The fourth-order valence-electron chi connectivity index (χ4n) is 5.90. The minimum Gasteiger partial charge on any atom is -0.490 e. The van der Waals surface area contributed by atoms with Crippen molar-refractivity contribution in [2.75, 3.05) is 13.1 Å². The SMILES string of the molecule is Cc1cc(O[C@H]2CC[C@H](C(C)(C)C)CC2)c(CN2CCC(CC(=O)O)CC2)c2ccccc12. The maximum atomic E-state index is 11.1. The Morgan fingerprint density at radius 2 is 1.67 bits per heavy atom. The summed E-state index contributed by atoms with van der Waals surface area (Å²) >= 11 is 0. The second kappa shape index (κ2) is 10.0. The van der Waals surface area contributed by atoms with Gasteiger partial charge in [0.05, 0.1) is 6.10 Å². The highest BCUT2D eigenvalue weighted by Crippen LogP contribution is 2.40. The molecule has 0 amide bonds. The van der Waals surface area contributed by atoms with E-state index in [0.29, 0.717) is 23.9 Å². The Morgan fingerprint density at radius 3 is 2.27 bits per heavy atom. The summed E-state index contributed by atoms with van der Waals surface area (Å²) < 4.78 is 6.75. The van der Waals surface area contributed by atoms with Crippen molar-refractivity contribution in [1.82, 2.24) is 4.90 Å². The number of fused-ring (bicyclic) bond motifs is 1. The number of carboxylic acid groups (broad SMARTS) is 1. The molecule has 2 aromatic carbocycles. The Bertz CT molecular complexity index is 961. The van der Waals surface area contributed by atoms with Gasteiger partial charge in [0.25, 0.3) is 0 Å². The van der Waals surface area contributed by atoms with Gasteiger partial charge < -0.3 is 9.84 Å². The van der Waals surface area contributed by atoms with Crippen LogP contribution >= 0.6 is 0 Å². The quantitative estimate of drug-likeness (QED) is 0.523. The number of rotatable bonds is 6. The molecule has 2 fully saturated rings. The second-order valence-corrected chi connectivity index (χ2v) is 11.5. The van der Waals surface area contributed by atoms with Gasteiger partial charge in [-0.25, -0.2) is 0 Å². The first-order chi connectivity index (χ1) is 15.7. The fraction of sp³-hybridized carbons (Fsp3) is 0.621. The Balaban J connectivity index is 1.52. The van der Waals surface area contributed by atoms with E-state index in [0.717, 1.165) is 57.0 Å². The van der Waals surface area contributed by atoms with Gasteiger partial charge in [-0.15, -0.1) is 0 Å². The lowest BCUT2D eigenvalue weighted by molar-refractivity contribution is -0.138. The van der Waals surface area contributed by atoms with Crippen LogP contribution in [0.3, 0.4) is 0 Å². The molecule has 2 aromatic rings. The van der Waals surface area contributed by atoms with Crippen molar-refractivity contribution < 1.29 is 14.6 Å². The molecule has 0 atom stereocenters. The average Bonchev–Trinajstić information content (AvgIpc) is 2.77. The third kappa shape index (κ3) is 5.90. The number of aryl methyl sites for hydroxylation is 1. The Morgan fingerprint density at radius 1 is 1.03 bits per heavy atom. The van der Waals surface area contributed by atoms with Gasteiger partial charge in [-0.3, -0.25) is 9.69 Å². The molecule has 0 bridgehead atoms. The van der Waals surface area contributed by atoms with Crippen LogP contribution in [0.1, 0.15) is 76.8 Å². The summed E-state index contributed by atoms with van der Waals surface area (Å²) in [6.07, 6.45) is 7.27. The van der Waals surface area contributed by atoms with Crippen LogP contribution in [-0.2, 0) is 11.3 Å². The standard InChI is InChI=1S/C29H41NO3/c1-20-17-27(33-23-11-9-22(10-12-23)29(2,3)4)26(25-8-6-5-7-24(20)25)19-30-15-13-21(14-16-30)18-28(31)32/h5-8,17,21-23H,9-16,18-19H2,1-4H3,(H,31,32)/t22-,23-. The smallest absolute Gasteiger partial charge is 0.303 e. The van der Waals surface area contributed by atoms with Crippen LogP contribution in [0, 0.1) is 24.2 Å². The highest BCUT2D eigenvalue weighted by molar-refractivity contribution is 5.90. The molecule has 1 saturated carbocycles. The van der Waals surface area contributed by atoms with Gasteiger partial charge in [0.1, 0.15) is 5.75 Å². The number of hydrogen-bond donors (Lipinski definition) is 1. The van der Waals surface area contributed by atoms with E-state index in [-0.39, 0.29) is 0 Å². The second-order valence-electron chi connectivity index (χ2n) is 11.5. The first-order valence-corrected chi connectivity index (χ1v) is 12.8. The van der Waals surface area contributed by atoms with Gasteiger partial charge in [-0.2, -0.15) is 0 Å². The third-order valence-electron chi connectivity index (χ3n) is 8.07. The number of aliphatic carboxylic acids is 1. The van der Waals surface area contributed by atoms with Gasteiger partial charge in [0.2, 0.25) is 0 Å². The number of nitrogens with zero attached hydrogens (tertiary/aromatic N) is 1. The molecule has 1 aliphatic heterocycles. The van der Waals surface area contributed by atoms with E-state index >= 15 is 0 Å². The highest BCUT2D eigenvalue weighted by Gasteiger charge is 2.31. The maximum Gasteiger partial charge on any atom is 0.303 e. The molecule has 2 aliphatic rings. The van der Waals surface area contributed by atoms with Gasteiger partial charge >= 0.3 is 5.97 Å². The minimum absolute atomic E-state index is 0.296. The van der Waals surface area contributed by atoms with E-state index in [1.165, 1.54) is 34.7 Å². The first-order valence-electron chi connectivity index (χ1n) is 12.8. The number of benzene rings is 2. The van der Waals surface area contributed by atoms with E-state index in [1.807, 2.05) is 0 Å². The van der Waals surface area contributed by atoms with Crippen molar-refractivity contribution >= 4 is 16.7 Å². The molecule has 0 spiro atoms. The van der Waals surface area contributed by atoms with Gasteiger partial charge in [-0.05, 0) is 98.2 Å². The molecule has 1 N–H and O–H groups in total. The molecule has 1 saturated heterocycles. The predicted octanol–water partition coefficient (Wildman–Crippen LogP) is 6.82. The van der Waals surface area contributed by atoms with E-state index in [9.17, 15) is 4.79 Å². The molecule has 0 unspecified atom stereocenters. The molecule has 4 rings (SSSR count). The van der Waals surface area contributed by atoms with Crippen molar-refractivity contribution in [3.8, 4) is 5.75 Å². The molecular formula is C29H41NO3. The summed E-state index contributed by atoms with van der Waals surface area (Å²) in [5.41, 5.74) is 2.95. The maximum absolute atomic E-state index is 11.1. The number of likely N-dealkylation sites (tertiary alicyclic amines) is 1. The third-order valence-corrected chi connectivity index (χ3v) is 8.07. The molecule has 0 radical (unpaired) electrons. The van der Waals surface area contributed by atoms with E-state index < -0.39 is 5.97 Å². The molecule has 1 heterocycles. The highest BCUT2D eigenvalue weighted by atomic mass is 16.5. The number of piperidine rings is 1. The summed E-state index contributed by atoms with van der Waals surface area (Å²) in [4.78, 5) is 13.6. The molecule has 180 valence electrons. The Hall–Kier alpha value is -2.07. The number of ether oxygens (including phenoxy) is 1. The molecule has 4 nitrogen and oxygen atoms in total. The normalized spacial score (nSPS) is 23.0. The van der Waals surface area contributed by atoms with Crippen LogP contribution in [0.5, 0.6) is 5.75 Å². The number of carbonyl (C=O) groups is 1. The van der Waals surface area contributed by atoms with Crippen molar-refractivity contribution in [3.63, 3.8) is 0 Å². The topological polar surface area (TPSA) is 49.8 Å². The summed E-state index contributed by atoms with van der Waals surface area (Å²) in [5, 5.41) is 11.7. The predicted molar refractivity (Wildman–Crippen MR) is 135 cm³/mol. The van der Waals surface area contributed by atoms with Gasteiger partial charge in [0, 0.05) is 18.5 Å². The Labute approximate surface area is 199 Å². The lowest BCUT2D eigenvalue weighted by Gasteiger charge is -2.37. The van der Waals surface area contributed by atoms with Crippen molar-refractivity contribution in [2.45, 2.75) is 85.3 Å². The zero-order chi connectivity index (χ0) is 23.6. The zero-order valence-electron chi connectivity index (χ0n) is 20.9. The lowest BCUT2D eigenvalue weighted by Crippen LogP contribution is -2.34. The van der Waals surface area contributed by atoms with Crippen molar-refractivity contribution in [3.05, 3.63) is 41.5 Å². The molecule has 0 aromatic heterocycles. The van der Waals surface area contributed by atoms with Gasteiger partial charge in [-0.1, -0.05) is 45.0 Å². The lowest BCUT2D eigenvalue weighted by atomic mass is 9.72. The average molecular weight is 452 g/mol. The van der Waals surface area contributed by atoms with Crippen LogP contribution in [0.2, 0.25) is 0 Å². The summed E-state index contributed by atoms with van der Waals surface area (Å²) in [7, 11) is 0. The largest absolute Gasteiger partial charge is 0.490 e. The monoisotopic (exact) mass is 451 g/mol. The number of carboxylic acids is 1. The van der Waals surface area contributed by atoms with E-state index in [2.05, 4.69) is 62.9 Å². The summed E-state index contributed by atoms with van der Waals surface area (Å²) in [6, 6.07) is 10.9. The minimum atomic E-state index is -0.671. The molecule has 4 heteroatoms. The Kier molecular flexibility index (Phi) is 7.33. The van der Waals surface area contributed by atoms with Crippen LogP contribution < -0.4 is 4.74 Å². The molecule has 1 aliphatic carbocycles. The molecular weight excluding hydrogens is 410 g/mol. The molecule has 33 heavy (non-hydrogen) atoms. The summed E-state index contributed by atoms with van der Waals surface area (Å²) in [5.74, 6) is 1.47. The van der Waals surface area contributed by atoms with Crippen LogP contribution in [0.4, 0.5) is 0 Å². The van der Waals surface area contributed by atoms with Crippen LogP contribution in [-0.4, -0.2) is 35.2 Å². The summed E-state index contributed by atoms with van der Waals surface area (Å²) in [6.45, 7) is 12.1. The van der Waals surface area contributed by atoms with Crippen LogP contribution in [0.15, 0.2) is 30.3 Å². The van der Waals surface area contributed by atoms with Gasteiger partial charge in [0.15, 0.2) is 0 Å². The van der Waals surface area contributed by atoms with E-state index in [1.54, 1.807) is 0 Å². The number of hydrogen-bond acceptors (Lipinski definition) is 3. The fourth-order valence-corrected chi connectivity index (χ4v) is 5.90. The van der Waals surface area contributed by atoms with Crippen molar-refractivity contribution in [1.29, 1.82) is 0 Å². The first kappa shape index (κ1) is 24.1. The van der Waals surface area contributed by atoms with E-state index in [4.69, 9.17) is 9.84 Å². The van der Waals surface area contributed by atoms with Crippen LogP contribution in [0.25, 0.3) is 10.8 Å².